The van der Waals surface area contributed by atoms with Crippen LogP contribution in [0.25, 0.3) is 11.3 Å². The molecule has 4 rings (SSSR count). The number of benzene rings is 1. The highest BCUT2D eigenvalue weighted by Crippen LogP contribution is 2.34. The standard InChI is InChI=1S/C21H21N3O3/c25-21(26)20-18-8-7-16-13-22-10-9-17(16)19(18)23-24(20)11-4-12-27-14-15-5-2-1-3-6-15/h1-3,5-6,9-10,13H,4,7-8,11-12,14H2,(H,25,26). The number of ether oxygens (including phenoxy) is 1. The lowest BCUT2D eigenvalue weighted by Gasteiger charge is -2.14. The molecule has 0 aliphatic heterocycles. The fraction of sp³-hybridized carbons (Fsp3) is 0.286. The van der Waals surface area contributed by atoms with Gasteiger partial charge in [-0.3, -0.25) is 9.67 Å². The van der Waals surface area contributed by atoms with Crippen LogP contribution < -0.4 is 0 Å². The van der Waals surface area contributed by atoms with Gasteiger partial charge in [-0.15, -0.1) is 0 Å². The molecule has 0 fully saturated rings. The number of carboxylic acids is 1. The van der Waals surface area contributed by atoms with Crippen LogP contribution >= 0.6 is 0 Å². The molecule has 138 valence electrons. The first-order valence-electron chi connectivity index (χ1n) is 9.12. The quantitative estimate of drug-likeness (QED) is 0.652. The third-order valence-corrected chi connectivity index (χ3v) is 4.83. The van der Waals surface area contributed by atoms with Crippen LogP contribution in [-0.2, 0) is 30.7 Å². The van der Waals surface area contributed by atoms with Gasteiger partial charge in [0.2, 0.25) is 0 Å². The molecule has 0 radical (unpaired) electrons. The number of rotatable bonds is 7. The second-order valence-corrected chi connectivity index (χ2v) is 6.63. The van der Waals surface area contributed by atoms with Crippen LogP contribution in [0.4, 0.5) is 0 Å². The fourth-order valence-electron chi connectivity index (χ4n) is 3.55. The van der Waals surface area contributed by atoms with Gasteiger partial charge in [0.05, 0.1) is 12.3 Å². The average molecular weight is 363 g/mol. The predicted molar refractivity (Wildman–Crippen MR) is 101 cm³/mol. The number of fused-ring (bicyclic) bond motifs is 3. The Morgan fingerprint density at radius 1 is 1.19 bits per heavy atom. The van der Waals surface area contributed by atoms with Crippen molar-refractivity contribution >= 4 is 5.97 Å². The monoisotopic (exact) mass is 363 g/mol. The summed E-state index contributed by atoms with van der Waals surface area (Å²) in [6.07, 6.45) is 5.75. The molecule has 0 atom stereocenters. The van der Waals surface area contributed by atoms with Gasteiger partial charge < -0.3 is 9.84 Å². The number of hydrogen-bond donors (Lipinski definition) is 1. The summed E-state index contributed by atoms with van der Waals surface area (Å²) in [5, 5.41) is 14.3. The van der Waals surface area contributed by atoms with Crippen LogP contribution in [0.2, 0.25) is 0 Å². The number of carbonyl (C=O) groups is 1. The molecule has 2 aromatic heterocycles. The minimum Gasteiger partial charge on any atom is -0.477 e. The van der Waals surface area contributed by atoms with E-state index in [4.69, 9.17) is 4.74 Å². The summed E-state index contributed by atoms with van der Waals surface area (Å²) in [6.45, 7) is 1.63. The first-order chi connectivity index (χ1) is 13.2. The van der Waals surface area contributed by atoms with E-state index in [1.165, 1.54) is 0 Å². The van der Waals surface area contributed by atoms with E-state index in [9.17, 15) is 9.90 Å². The number of aromatic carboxylic acids is 1. The summed E-state index contributed by atoms with van der Waals surface area (Å²) < 4.78 is 7.32. The molecule has 27 heavy (non-hydrogen) atoms. The molecule has 0 spiro atoms. The molecular formula is C21H21N3O3. The van der Waals surface area contributed by atoms with Gasteiger partial charge >= 0.3 is 5.97 Å². The zero-order valence-corrected chi connectivity index (χ0v) is 15.0. The van der Waals surface area contributed by atoms with E-state index < -0.39 is 5.97 Å². The van der Waals surface area contributed by atoms with E-state index in [1.54, 1.807) is 10.9 Å². The summed E-state index contributed by atoms with van der Waals surface area (Å²) in [5.74, 6) is -0.925. The number of aromatic nitrogens is 3. The van der Waals surface area contributed by atoms with Crippen molar-refractivity contribution in [2.24, 2.45) is 0 Å². The van der Waals surface area contributed by atoms with Gasteiger partial charge in [0.15, 0.2) is 0 Å². The van der Waals surface area contributed by atoms with Gasteiger partial charge in [-0.1, -0.05) is 30.3 Å². The Bertz CT molecular complexity index is 951. The van der Waals surface area contributed by atoms with Crippen LogP contribution in [0.1, 0.15) is 33.6 Å². The maximum Gasteiger partial charge on any atom is 0.354 e. The Morgan fingerprint density at radius 2 is 2.04 bits per heavy atom. The van der Waals surface area contributed by atoms with Crippen molar-refractivity contribution in [1.29, 1.82) is 0 Å². The van der Waals surface area contributed by atoms with E-state index in [-0.39, 0.29) is 0 Å². The third kappa shape index (κ3) is 3.61. The van der Waals surface area contributed by atoms with Crippen LogP contribution in [-0.4, -0.2) is 32.4 Å². The fourth-order valence-corrected chi connectivity index (χ4v) is 3.55. The molecule has 2 heterocycles. The summed E-state index contributed by atoms with van der Waals surface area (Å²) in [7, 11) is 0. The van der Waals surface area contributed by atoms with Gasteiger partial charge in [0, 0.05) is 36.7 Å². The zero-order chi connectivity index (χ0) is 18.6. The first-order valence-corrected chi connectivity index (χ1v) is 9.12. The topological polar surface area (TPSA) is 77.2 Å². The van der Waals surface area contributed by atoms with Crippen LogP contribution in [0.15, 0.2) is 48.8 Å². The van der Waals surface area contributed by atoms with Crippen molar-refractivity contribution in [3.8, 4) is 11.3 Å². The minimum absolute atomic E-state index is 0.301. The minimum atomic E-state index is -0.925. The number of nitrogens with zero attached hydrogens (tertiary/aromatic N) is 3. The molecule has 3 aromatic rings. The average Bonchev–Trinajstić information content (AvgIpc) is 3.07. The van der Waals surface area contributed by atoms with Gasteiger partial charge in [-0.05, 0) is 36.5 Å². The van der Waals surface area contributed by atoms with E-state index in [1.807, 2.05) is 42.6 Å². The second-order valence-electron chi connectivity index (χ2n) is 6.63. The highest BCUT2D eigenvalue weighted by Gasteiger charge is 2.27. The van der Waals surface area contributed by atoms with Gasteiger partial charge in [0.25, 0.3) is 0 Å². The third-order valence-electron chi connectivity index (χ3n) is 4.83. The lowest BCUT2D eigenvalue weighted by molar-refractivity contribution is 0.0679. The first kappa shape index (κ1) is 17.4. The summed E-state index contributed by atoms with van der Waals surface area (Å²) in [5.41, 5.74) is 5.15. The molecule has 1 aromatic carbocycles. The zero-order valence-electron chi connectivity index (χ0n) is 15.0. The van der Waals surface area contributed by atoms with E-state index >= 15 is 0 Å². The Kier molecular flexibility index (Phi) is 4.98. The number of carboxylic acid groups (broad SMARTS) is 1. The van der Waals surface area contributed by atoms with Crippen LogP contribution in [0, 0.1) is 0 Å². The molecule has 1 N–H and O–H groups in total. The van der Waals surface area contributed by atoms with Crippen LogP contribution in [0.3, 0.4) is 0 Å². The van der Waals surface area contributed by atoms with E-state index in [2.05, 4.69) is 10.1 Å². The second kappa shape index (κ2) is 7.72. The summed E-state index contributed by atoms with van der Waals surface area (Å²) >= 11 is 0. The number of aryl methyl sites for hydroxylation is 2. The molecule has 0 unspecified atom stereocenters. The number of pyridine rings is 1. The Hall–Kier alpha value is -2.99. The molecule has 6 heteroatoms. The molecule has 1 aliphatic rings. The molecule has 1 aliphatic carbocycles. The highest BCUT2D eigenvalue weighted by atomic mass is 16.5. The van der Waals surface area contributed by atoms with Crippen molar-refractivity contribution in [2.45, 2.75) is 32.4 Å². The molecule has 0 amide bonds. The predicted octanol–water partition coefficient (Wildman–Crippen LogP) is 3.35. The summed E-state index contributed by atoms with van der Waals surface area (Å²) in [4.78, 5) is 16.0. The molecule has 6 nitrogen and oxygen atoms in total. The maximum atomic E-state index is 11.8. The van der Waals surface area contributed by atoms with E-state index in [0.29, 0.717) is 38.3 Å². The summed E-state index contributed by atoms with van der Waals surface area (Å²) in [6, 6.07) is 11.9. The van der Waals surface area contributed by atoms with Crippen LogP contribution in [0.5, 0.6) is 0 Å². The van der Waals surface area contributed by atoms with Crippen molar-refractivity contribution in [3.63, 3.8) is 0 Å². The lowest BCUT2D eigenvalue weighted by atomic mass is 9.90. The molecule has 0 bridgehead atoms. The SMILES string of the molecule is O=C(O)c1c2c(nn1CCCOCc1ccccc1)-c1ccncc1CC2. The Balaban J connectivity index is 1.45. The molecular weight excluding hydrogens is 342 g/mol. The number of hydrogen-bond acceptors (Lipinski definition) is 4. The molecule has 0 saturated heterocycles. The lowest BCUT2D eigenvalue weighted by Crippen LogP contribution is -2.13. The van der Waals surface area contributed by atoms with Crippen molar-refractivity contribution in [1.82, 2.24) is 14.8 Å². The highest BCUT2D eigenvalue weighted by molar-refractivity contribution is 5.90. The molecule has 0 saturated carbocycles. The van der Waals surface area contributed by atoms with Crippen molar-refractivity contribution in [2.75, 3.05) is 6.61 Å². The normalized spacial score (nSPS) is 12.4. The largest absolute Gasteiger partial charge is 0.477 e. The smallest absolute Gasteiger partial charge is 0.354 e. The van der Waals surface area contributed by atoms with Crippen molar-refractivity contribution in [3.05, 3.63) is 71.2 Å². The van der Waals surface area contributed by atoms with Gasteiger partial charge in [-0.2, -0.15) is 5.10 Å². The Morgan fingerprint density at radius 3 is 2.85 bits per heavy atom. The Labute approximate surface area is 157 Å². The van der Waals surface area contributed by atoms with Gasteiger partial charge in [0.1, 0.15) is 5.69 Å². The van der Waals surface area contributed by atoms with Gasteiger partial charge in [-0.25, -0.2) is 4.79 Å². The van der Waals surface area contributed by atoms with Crippen molar-refractivity contribution < 1.29 is 14.6 Å². The van der Waals surface area contributed by atoms with E-state index in [0.717, 1.165) is 34.4 Å². The maximum absolute atomic E-state index is 11.8.